The average Bonchev–Trinajstić information content (AvgIpc) is 2.94. The van der Waals surface area contributed by atoms with Gasteiger partial charge in [-0.1, -0.05) is 0 Å². The van der Waals surface area contributed by atoms with E-state index in [4.69, 9.17) is 0 Å². The molecule has 7 atom stereocenters. The maximum absolute atomic E-state index is 11.4. The molecule has 0 aromatic heterocycles. The molecule has 0 amide bonds. The molecule has 4 rings (SSSR count). The molecule has 4 aliphatic carbocycles. The lowest BCUT2D eigenvalue weighted by atomic mass is 9.71. The predicted molar refractivity (Wildman–Crippen MR) is 59.4 cm³/mol. The van der Waals surface area contributed by atoms with Gasteiger partial charge in [0.2, 0.25) is 0 Å². The Balaban J connectivity index is 1.71. The van der Waals surface area contributed by atoms with Gasteiger partial charge in [0.15, 0.2) is 0 Å². The molecule has 4 bridgehead atoms. The Kier molecular flexibility index (Phi) is 1.75. The van der Waals surface area contributed by atoms with Gasteiger partial charge in [-0.25, -0.2) is 0 Å². The zero-order chi connectivity index (χ0) is 11.1. The fourth-order valence-corrected chi connectivity index (χ4v) is 7.07. The molecule has 4 heteroatoms. The van der Waals surface area contributed by atoms with Crippen molar-refractivity contribution < 1.29 is 13.0 Å². The lowest BCUT2D eigenvalue weighted by Crippen LogP contribution is -2.38. The molecule has 0 spiro atoms. The maximum Gasteiger partial charge on any atom is 0.268 e. The molecule has 0 aromatic carbocycles. The third-order valence-corrected chi connectivity index (χ3v) is 7.36. The molecule has 3 nitrogen and oxygen atoms in total. The smallest absolute Gasteiger partial charge is 0.268 e. The van der Waals surface area contributed by atoms with E-state index in [0.29, 0.717) is 17.8 Å². The quantitative estimate of drug-likeness (QED) is 0.565. The minimum atomic E-state index is -3.79. The summed E-state index contributed by atoms with van der Waals surface area (Å²) in [6, 6.07) is 0. The van der Waals surface area contributed by atoms with Crippen LogP contribution in [-0.2, 0) is 10.1 Å². The van der Waals surface area contributed by atoms with Crippen LogP contribution in [0.2, 0.25) is 0 Å². The van der Waals surface area contributed by atoms with Gasteiger partial charge in [-0.3, -0.25) is 4.55 Å². The highest BCUT2D eigenvalue weighted by molar-refractivity contribution is 7.86. The molecule has 0 aromatic rings. The van der Waals surface area contributed by atoms with Crippen LogP contribution in [0.4, 0.5) is 0 Å². The second-order valence-corrected chi connectivity index (χ2v) is 8.07. The second kappa shape index (κ2) is 2.83. The normalized spacial score (nSPS) is 58.2. The van der Waals surface area contributed by atoms with E-state index in [0.717, 1.165) is 30.6 Å². The third kappa shape index (κ3) is 1.05. The van der Waals surface area contributed by atoms with Crippen molar-refractivity contribution in [3.63, 3.8) is 0 Å². The summed E-state index contributed by atoms with van der Waals surface area (Å²) in [4.78, 5) is 0. The first-order valence-electron chi connectivity index (χ1n) is 6.52. The van der Waals surface area contributed by atoms with E-state index in [2.05, 4.69) is 0 Å². The summed E-state index contributed by atoms with van der Waals surface area (Å²) in [6.45, 7) is 0. The molecular formula is C12H18O3S. The third-order valence-electron chi connectivity index (χ3n) is 6.06. The van der Waals surface area contributed by atoms with Crippen LogP contribution < -0.4 is 0 Å². The largest absolute Gasteiger partial charge is 0.285 e. The molecule has 6 unspecified atom stereocenters. The average molecular weight is 242 g/mol. The fraction of sp³-hybridized carbons (Fsp3) is 1.00. The Morgan fingerprint density at radius 2 is 1.56 bits per heavy atom. The number of fused-ring (bicyclic) bond motifs is 9. The summed E-state index contributed by atoms with van der Waals surface area (Å²) in [5.41, 5.74) is 0. The van der Waals surface area contributed by atoms with Crippen molar-refractivity contribution >= 4 is 10.1 Å². The highest BCUT2D eigenvalue weighted by Gasteiger charge is 2.64. The van der Waals surface area contributed by atoms with Crippen molar-refractivity contribution in [3.05, 3.63) is 0 Å². The van der Waals surface area contributed by atoms with Gasteiger partial charge < -0.3 is 0 Å². The Bertz CT molecular complexity index is 430. The van der Waals surface area contributed by atoms with Crippen molar-refractivity contribution in [2.24, 2.45) is 35.5 Å². The first-order chi connectivity index (χ1) is 7.55. The van der Waals surface area contributed by atoms with Gasteiger partial charge in [-0.05, 0) is 67.6 Å². The van der Waals surface area contributed by atoms with E-state index in [1.54, 1.807) is 0 Å². The van der Waals surface area contributed by atoms with Crippen LogP contribution in [0.3, 0.4) is 0 Å². The van der Waals surface area contributed by atoms with E-state index in [-0.39, 0.29) is 0 Å². The highest BCUT2D eigenvalue weighted by Crippen LogP contribution is 2.68. The highest BCUT2D eigenvalue weighted by atomic mass is 32.2. The van der Waals surface area contributed by atoms with Crippen LogP contribution in [0.1, 0.15) is 32.1 Å². The van der Waals surface area contributed by atoms with Crippen molar-refractivity contribution in [3.8, 4) is 0 Å². The Morgan fingerprint density at radius 3 is 2.25 bits per heavy atom. The molecule has 0 aliphatic heterocycles. The van der Waals surface area contributed by atoms with Crippen LogP contribution in [-0.4, -0.2) is 18.2 Å². The summed E-state index contributed by atoms with van der Waals surface area (Å²) >= 11 is 0. The lowest BCUT2D eigenvalue weighted by Gasteiger charge is -2.37. The summed E-state index contributed by atoms with van der Waals surface area (Å²) in [6.07, 6.45) is 5.86. The predicted octanol–water partition coefficient (Wildman–Crippen LogP) is 1.94. The van der Waals surface area contributed by atoms with E-state index in [9.17, 15) is 13.0 Å². The summed E-state index contributed by atoms with van der Waals surface area (Å²) in [5.74, 6) is 4.05. The molecule has 0 radical (unpaired) electrons. The van der Waals surface area contributed by atoms with E-state index < -0.39 is 15.4 Å². The van der Waals surface area contributed by atoms with Gasteiger partial charge in [0.1, 0.15) is 0 Å². The summed E-state index contributed by atoms with van der Waals surface area (Å²) < 4.78 is 32.0. The Hall–Kier alpha value is -0.0900. The minimum absolute atomic E-state index is 0.292. The Labute approximate surface area is 96.4 Å². The standard InChI is InChI=1S/C12H18O3S/c13-16(14,15)10-5-8-4-9(10)12-7-2-1-6(3-7)11(8)12/h6-12H,1-5H2,(H,13,14,15)/t6?,7?,8?,9-,10?,11?,12?/m1/s1. The van der Waals surface area contributed by atoms with Crippen LogP contribution in [0.25, 0.3) is 0 Å². The summed E-state index contributed by atoms with van der Waals surface area (Å²) in [7, 11) is -3.79. The van der Waals surface area contributed by atoms with Crippen molar-refractivity contribution in [1.82, 2.24) is 0 Å². The SMILES string of the molecule is O=S(=O)(O)C1CC2C[C@H]1C1C3CCC(C3)C21. The molecule has 4 aliphatic rings. The molecular weight excluding hydrogens is 224 g/mol. The monoisotopic (exact) mass is 242 g/mol. The van der Waals surface area contributed by atoms with E-state index in [1.165, 1.54) is 19.3 Å². The number of hydrogen-bond donors (Lipinski definition) is 1. The Morgan fingerprint density at radius 1 is 0.875 bits per heavy atom. The van der Waals surface area contributed by atoms with Crippen LogP contribution >= 0.6 is 0 Å². The maximum atomic E-state index is 11.4. The molecule has 1 N–H and O–H groups in total. The molecule has 16 heavy (non-hydrogen) atoms. The van der Waals surface area contributed by atoms with Crippen molar-refractivity contribution in [1.29, 1.82) is 0 Å². The van der Waals surface area contributed by atoms with Crippen LogP contribution in [0.5, 0.6) is 0 Å². The minimum Gasteiger partial charge on any atom is -0.285 e. The molecule has 4 saturated carbocycles. The lowest BCUT2D eigenvalue weighted by molar-refractivity contribution is 0.145. The molecule has 4 fully saturated rings. The molecule has 0 heterocycles. The van der Waals surface area contributed by atoms with Gasteiger partial charge in [-0.2, -0.15) is 8.42 Å². The van der Waals surface area contributed by atoms with Crippen molar-refractivity contribution in [2.75, 3.05) is 0 Å². The van der Waals surface area contributed by atoms with E-state index in [1.807, 2.05) is 0 Å². The number of rotatable bonds is 1. The van der Waals surface area contributed by atoms with Crippen LogP contribution in [0, 0.1) is 35.5 Å². The zero-order valence-electron chi connectivity index (χ0n) is 9.25. The molecule has 0 saturated heterocycles. The van der Waals surface area contributed by atoms with E-state index >= 15 is 0 Å². The van der Waals surface area contributed by atoms with Crippen LogP contribution in [0.15, 0.2) is 0 Å². The second-order valence-electron chi connectivity index (χ2n) is 6.44. The van der Waals surface area contributed by atoms with Gasteiger partial charge in [-0.15, -0.1) is 0 Å². The zero-order valence-corrected chi connectivity index (χ0v) is 10.1. The summed E-state index contributed by atoms with van der Waals surface area (Å²) in [5, 5.41) is -0.418. The van der Waals surface area contributed by atoms with Gasteiger partial charge >= 0.3 is 0 Å². The topological polar surface area (TPSA) is 54.4 Å². The first kappa shape index (κ1) is 9.89. The first-order valence-corrected chi connectivity index (χ1v) is 8.02. The van der Waals surface area contributed by atoms with Gasteiger partial charge in [0, 0.05) is 0 Å². The molecule has 90 valence electrons. The van der Waals surface area contributed by atoms with Gasteiger partial charge in [0.25, 0.3) is 10.1 Å². The fourth-order valence-electron chi connectivity index (χ4n) is 5.85. The van der Waals surface area contributed by atoms with Crippen molar-refractivity contribution in [2.45, 2.75) is 37.4 Å². The van der Waals surface area contributed by atoms with Gasteiger partial charge in [0.05, 0.1) is 5.25 Å². The number of hydrogen-bond acceptors (Lipinski definition) is 2.